The van der Waals surface area contributed by atoms with Crippen LogP contribution in [0.15, 0.2) is 53.5 Å². The van der Waals surface area contributed by atoms with Crippen LogP contribution in [0, 0.1) is 20.8 Å². The summed E-state index contributed by atoms with van der Waals surface area (Å²) in [5, 5.41) is 0. The second-order valence-corrected chi connectivity index (χ2v) is 8.70. The summed E-state index contributed by atoms with van der Waals surface area (Å²) in [5.74, 6) is 1.02. The Morgan fingerprint density at radius 2 is 1.68 bits per heavy atom. The molecule has 0 spiro atoms. The van der Waals surface area contributed by atoms with E-state index in [0.29, 0.717) is 13.2 Å². The van der Waals surface area contributed by atoms with E-state index in [-0.39, 0.29) is 12.3 Å². The zero-order chi connectivity index (χ0) is 24.1. The van der Waals surface area contributed by atoms with Crippen LogP contribution in [0.2, 0.25) is 0 Å². The molecule has 0 radical (unpaired) electrons. The minimum Gasteiger partial charge on any atom is -0.491 e. The highest BCUT2D eigenvalue weighted by Crippen LogP contribution is 2.30. The van der Waals surface area contributed by atoms with E-state index in [4.69, 9.17) is 9.47 Å². The van der Waals surface area contributed by atoms with Crippen molar-refractivity contribution in [3.8, 4) is 11.4 Å². The number of ketones is 1. The summed E-state index contributed by atoms with van der Waals surface area (Å²) >= 11 is 0. The largest absolute Gasteiger partial charge is 0.491 e. The van der Waals surface area contributed by atoms with Crippen molar-refractivity contribution in [2.45, 2.75) is 27.2 Å². The van der Waals surface area contributed by atoms with E-state index in [1.807, 2.05) is 37.4 Å². The molecule has 5 rings (SSSR count). The maximum Gasteiger partial charge on any atom is 0.186 e. The Hall–Kier alpha value is -3.38. The maximum absolute atomic E-state index is 12.2. The number of fused-ring (bicyclic) bond motifs is 1. The van der Waals surface area contributed by atoms with Crippen LogP contribution in [0.4, 0.5) is 5.69 Å². The van der Waals surface area contributed by atoms with Gasteiger partial charge in [0.1, 0.15) is 18.9 Å². The average Bonchev–Trinajstić information content (AvgIpc) is 3.06. The molecule has 3 heterocycles. The van der Waals surface area contributed by atoms with Crippen LogP contribution in [0.3, 0.4) is 0 Å². The molecule has 1 fully saturated rings. The van der Waals surface area contributed by atoms with Gasteiger partial charge in [0.15, 0.2) is 5.78 Å². The number of Topliss-reactive ketones (excluding diaryl/α,β-unsaturated/α-hetero) is 1. The van der Waals surface area contributed by atoms with Crippen LogP contribution in [0.1, 0.15) is 39.3 Å². The van der Waals surface area contributed by atoms with Gasteiger partial charge < -0.3 is 18.9 Å². The van der Waals surface area contributed by atoms with Crippen molar-refractivity contribution in [3.05, 3.63) is 76.6 Å². The van der Waals surface area contributed by atoms with Gasteiger partial charge in [-0.15, -0.1) is 0 Å². The first-order valence-electron chi connectivity index (χ1n) is 11.8. The molecule has 178 valence electrons. The quantitative estimate of drug-likeness (QED) is 0.490. The van der Waals surface area contributed by atoms with Gasteiger partial charge in [-0.2, -0.15) is 0 Å². The molecule has 0 saturated carbocycles. The standard InChI is InChI=1S/C18H19N3O.C10H14O2/c1-12-16-10-19-11-17(22)18(16)13(2)21(12)15-6-3-5-14(9-15)20-7-4-8-20;1-9-3-5-10(6-4-9)12-8-7-11-2/h3,5-6,9-10H,4,7-8,11H2,1-2H3;3-6H,7-8H2,1-2H3. The Balaban J connectivity index is 0.000000195. The number of carbonyl (C=O) groups is 1. The van der Waals surface area contributed by atoms with E-state index in [1.165, 1.54) is 17.7 Å². The third-order valence-corrected chi connectivity index (χ3v) is 6.31. The lowest BCUT2D eigenvalue weighted by Crippen LogP contribution is -2.36. The summed E-state index contributed by atoms with van der Waals surface area (Å²) in [6, 6.07) is 16.6. The van der Waals surface area contributed by atoms with Gasteiger partial charge in [-0.3, -0.25) is 9.79 Å². The number of carbonyl (C=O) groups excluding carboxylic acids is 1. The lowest BCUT2D eigenvalue weighted by atomic mass is 10.0. The highest BCUT2D eigenvalue weighted by molar-refractivity contribution is 6.10. The number of hydrogen-bond acceptors (Lipinski definition) is 5. The number of nitrogens with zero attached hydrogens (tertiary/aromatic N) is 3. The van der Waals surface area contributed by atoms with Crippen molar-refractivity contribution >= 4 is 17.7 Å². The minimum atomic E-state index is 0.121. The van der Waals surface area contributed by atoms with Gasteiger partial charge in [-0.25, -0.2) is 0 Å². The summed E-state index contributed by atoms with van der Waals surface area (Å²) in [4.78, 5) is 18.8. The van der Waals surface area contributed by atoms with Gasteiger partial charge in [0.25, 0.3) is 0 Å². The van der Waals surface area contributed by atoms with E-state index < -0.39 is 0 Å². The minimum absolute atomic E-state index is 0.121. The van der Waals surface area contributed by atoms with Crippen molar-refractivity contribution in [3.63, 3.8) is 0 Å². The topological polar surface area (TPSA) is 56.1 Å². The van der Waals surface area contributed by atoms with Gasteiger partial charge in [0, 0.05) is 60.3 Å². The molecule has 6 heteroatoms. The van der Waals surface area contributed by atoms with Gasteiger partial charge >= 0.3 is 0 Å². The first-order valence-corrected chi connectivity index (χ1v) is 11.8. The molecule has 2 aromatic carbocycles. The van der Waals surface area contributed by atoms with E-state index in [0.717, 1.165) is 47.0 Å². The second kappa shape index (κ2) is 10.7. The van der Waals surface area contributed by atoms with Crippen molar-refractivity contribution < 1.29 is 14.3 Å². The van der Waals surface area contributed by atoms with E-state index in [9.17, 15) is 4.79 Å². The van der Waals surface area contributed by atoms with Crippen molar-refractivity contribution in [1.82, 2.24) is 4.57 Å². The average molecular weight is 460 g/mol. The van der Waals surface area contributed by atoms with Crippen molar-refractivity contribution in [2.24, 2.45) is 4.99 Å². The Kier molecular flexibility index (Phi) is 7.48. The number of ether oxygens (including phenoxy) is 2. The van der Waals surface area contributed by atoms with Crippen molar-refractivity contribution in [1.29, 1.82) is 0 Å². The molecule has 34 heavy (non-hydrogen) atoms. The third kappa shape index (κ3) is 5.07. The van der Waals surface area contributed by atoms with E-state index >= 15 is 0 Å². The summed E-state index contributed by atoms with van der Waals surface area (Å²) in [6.07, 6.45) is 3.11. The Labute approximate surface area is 201 Å². The number of aliphatic imine (C=N–C) groups is 1. The molecule has 0 bridgehead atoms. The highest BCUT2D eigenvalue weighted by Gasteiger charge is 2.25. The number of hydrogen-bond donors (Lipinski definition) is 0. The van der Waals surface area contributed by atoms with Crippen LogP contribution in [0.5, 0.6) is 5.75 Å². The third-order valence-electron chi connectivity index (χ3n) is 6.31. The summed E-state index contributed by atoms with van der Waals surface area (Å²) in [7, 11) is 1.67. The van der Waals surface area contributed by atoms with Gasteiger partial charge in [-0.1, -0.05) is 23.8 Å². The van der Waals surface area contributed by atoms with Crippen LogP contribution < -0.4 is 9.64 Å². The lowest BCUT2D eigenvalue weighted by molar-refractivity contribution is 0.1000. The molecule has 2 aliphatic heterocycles. The van der Waals surface area contributed by atoms with Crippen LogP contribution in [0.25, 0.3) is 5.69 Å². The summed E-state index contributed by atoms with van der Waals surface area (Å²) < 4.78 is 12.4. The zero-order valence-corrected chi connectivity index (χ0v) is 20.5. The molecule has 0 amide bonds. The molecular weight excluding hydrogens is 426 g/mol. The molecule has 1 saturated heterocycles. The molecule has 0 aliphatic carbocycles. The van der Waals surface area contributed by atoms with E-state index in [1.54, 1.807) is 7.11 Å². The number of rotatable bonds is 6. The molecule has 0 atom stereocenters. The molecule has 0 unspecified atom stereocenters. The maximum atomic E-state index is 12.2. The molecular formula is C28H33N3O3. The van der Waals surface area contributed by atoms with Crippen LogP contribution in [-0.2, 0) is 4.74 Å². The normalized spacial score (nSPS) is 14.2. The fraction of sp³-hybridized carbons (Fsp3) is 0.357. The summed E-state index contributed by atoms with van der Waals surface area (Å²) in [6.45, 7) is 9.92. The number of benzene rings is 2. The number of anilines is 1. The first-order chi connectivity index (χ1) is 16.5. The second-order valence-electron chi connectivity index (χ2n) is 8.70. The van der Waals surface area contributed by atoms with Gasteiger partial charge in [-0.05, 0) is 57.5 Å². The number of aryl methyl sites for hydroxylation is 1. The SMILES string of the molecule is COCCOc1ccc(C)cc1.Cc1c2c(c(C)n1-c1cccc(N3CCC3)c1)C(=O)CN=C2. The molecule has 2 aliphatic rings. The van der Waals surface area contributed by atoms with Gasteiger partial charge in [0.2, 0.25) is 0 Å². The molecule has 3 aromatic rings. The smallest absolute Gasteiger partial charge is 0.186 e. The Morgan fingerprint density at radius 3 is 2.32 bits per heavy atom. The van der Waals surface area contributed by atoms with E-state index in [2.05, 4.69) is 52.6 Å². The van der Waals surface area contributed by atoms with Crippen molar-refractivity contribution in [2.75, 3.05) is 44.9 Å². The number of methoxy groups -OCH3 is 1. The molecule has 1 aromatic heterocycles. The fourth-order valence-corrected chi connectivity index (χ4v) is 4.34. The lowest BCUT2D eigenvalue weighted by Gasteiger charge is -2.33. The summed E-state index contributed by atoms with van der Waals surface area (Å²) in [5.41, 5.74) is 7.54. The zero-order valence-electron chi connectivity index (χ0n) is 20.5. The molecule has 6 nitrogen and oxygen atoms in total. The van der Waals surface area contributed by atoms with Gasteiger partial charge in [0.05, 0.1) is 6.61 Å². The predicted molar refractivity (Wildman–Crippen MR) is 137 cm³/mol. The van der Waals surface area contributed by atoms with Crippen LogP contribution in [-0.4, -0.2) is 56.5 Å². The predicted octanol–water partition coefficient (Wildman–Crippen LogP) is 4.94. The van der Waals surface area contributed by atoms with Crippen LogP contribution >= 0.6 is 0 Å². The Morgan fingerprint density at radius 1 is 0.941 bits per heavy atom. The first kappa shape index (κ1) is 23.8. The fourth-order valence-electron chi connectivity index (χ4n) is 4.34. The Bertz CT molecular complexity index is 1170. The monoisotopic (exact) mass is 459 g/mol. The highest BCUT2D eigenvalue weighted by atomic mass is 16.5. The molecule has 0 N–H and O–H groups in total. The number of aromatic nitrogens is 1.